The predicted octanol–water partition coefficient (Wildman–Crippen LogP) is 9.83. The van der Waals surface area contributed by atoms with Gasteiger partial charge < -0.3 is 49.1 Å². The summed E-state index contributed by atoms with van der Waals surface area (Å²) in [4.78, 5) is 86.8. The van der Waals surface area contributed by atoms with Crippen LogP contribution in [-0.2, 0) is 36.9 Å². The van der Waals surface area contributed by atoms with Gasteiger partial charge in [0, 0.05) is 43.4 Å². The molecule has 2 aliphatic carbocycles. The van der Waals surface area contributed by atoms with Crippen molar-refractivity contribution < 1.29 is 47.7 Å². The van der Waals surface area contributed by atoms with Crippen molar-refractivity contribution in [3.63, 3.8) is 0 Å². The highest BCUT2D eigenvalue weighted by Gasteiger charge is 2.45. The van der Waals surface area contributed by atoms with Crippen LogP contribution in [0.1, 0.15) is 133 Å². The number of allylic oxidation sites excluding steroid dienone is 1. The minimum Gasteiger partial charge on any atom is -0.454 e. The third kappa shape index (κ3) is 11.1. The summed E-state index contributed by atoms with van der Waals surface area (Å²) in [5, 5.41) is 5.77. The van der Waals surface area contributed by atoms with E-state index >= 15 is 0 Å². The van der Waals surface area contributed by atoms with E-state index in [-0.39, 0.29) is 55.2 Å². The molecule has 18 heteroatoms. The molecular formula is C59H70N8O10. The number of nitrogens with zero attached hydrogens (tertiary/aromatic N) is 5. The molecule has 406 valence electrons. The van der Waals surface area contributed by atoms with Crippen molar-refractivity contribution in [3.8, 4) is 33.9 Å². The van der Waals surface area contributed by atoms with Gasteiger partial charge in [0.2, 0.25) is 18.6 Å². The molecule has 1 aromatic heterocycles. The summed E-state index contributed by atoms with van der Waals surface area (Å²) in [5.74, 6) is 1.28. The Morgan fingerprint density at radius 1 is 0.662 bits per heavy atom. The number of benzene rings is 3. The van der Waals surface area contributed by atoms with E-state index in [9.17, 15) is 24.0 Å². The number of carbonyl (C=O) groups excluding carboxylic acids is 5. The number of rotatable bonds is 14. The molecule has 6 heterocycles. The van der Waals surface area contributed by atoms with Gasteiger partial charge in [0.05, 0.1) is 37.1 Å². The van der Waals surface area contributed by atoms with Crippen LogP contribution in [0.2, 0.25) is 0 Å². The fraction of sp³-hybridized carbons (Fsp3) is 0.508. The average Bonchev–Trinajstić information content (AvgIpc) is 4.31. The second-order valence-corrected chi connectivity index (χ2v) is 22.4. The second-order valence-electron chi connectivity index (χ2n) is 22.4. The number of carbonyl (C=O) groups is 5. The van der Waals surface area contributed by atoms with Gasteiger partial charge in [0.25, 0.3) is 0 Å². The number of hydrogen-bond donors (Lipinski definition) is 3. The van der Waals surface area contributed by atoms with E-state index in [1.165, 1.54) is 0 Å². The molecule has 5 atom stereocenters. The molecule has 1 unspecified atom stereocenters. The van der Waals surface area contributed by atoms with Crippen LogP contribution < -0.4 is 20.1 Å². The van der Waals surface area contributed by atoms with Gasteiger partial charge in [-0.3, -0.25) is 19.5 Å². The predicted molar refractivity (Wildman–Crippen MR) is 286 cm³/mol. The van der Waals surface area contributed by atoms with Crippen LogP contribution in [-0.4, -0.2) is 117 Å². The lowest BCUT2D eigenvalue weighted by atomic mass is 9.95. The summed E-state index contributed by atoms with van der Waals surface area (Å²) in [6.45, 7) is 9.23. The number of H-pyrrole nitrogens is 1. The third-order valence-electron chi connectivity index (χ3n) is 16.5. The number of amides is 5. The minimum atomic E-state index is -0.863. The Hall–Kier alpha value is -7.37. The zero-order valence-corrected chi connectivity index (χ0v) is 44.5. The SMILES string of the molecule is CC(C)[C@H](NC(=O)OC1CCCC1)C(=O)N1C[C@H](OC(=O)N2Cc3ccc4c(c3C2)OCO4)CC1C1=NC=C(c2ccc(-c3ccc(-c4cnc([C@@H]5CCCN5C(=O)[C@@H](NC(=O)OC5CCCC5)C(C)C)[nH]4)cc3)cc2)C1. The van der Waals surface area contributed by atoms with E-state index in [1.54, 1.807) is 9.80 Å². The molecule has 77 heavy (non-hydrogen) atoms. The number of alkyl carbamates (subject to hydrolysis) is 2. The van der Waals surface area contributed by atoms with Crippen molar-refractivity contribution in [1.82, 2.24) is 35.3 Å². The summed E-state index contributed by atoms with van der Waals surface area (Å²) in [7, 11) is 0. The Morgan fingerprint density at radius 2 is 1.27 bits per heavy atom. The maximum absolute atomic E-state index is 14.7. The van der Waals surface area contributed by atoms with Crippen LogP contribution in [0.25, 0.3) is 28.0 Å². The van der Waals surface area contributed by atoms with E-state index in [1.807, 2.05) is 57.1 Å². The van der Waals surface area contributed by atoms with Crippen molar-refractivity contribution in [1.29, 1.82) is 0 Å². The molecule has 7 aliphatic rings. The summed E-state index contributed by atoms with van der Waals surface area (Å²) in [5.41, 5.74) is 8.54. The number of fused-ring (bicyclic) bond motifs is 3. The standard InChI is InChI=1S/C59H70N8O10/c1-34(2)51(63-57(70)75-42-10-5-6-11-42)55(68)66-25-9-14-48(66)54-61-29-47(62-54)39-21-19-37(20-22-39)36-15-17-38(18-16-36)41-26-46(60-28-41)49-27-44(77-59(72)65-30-40-23-24-50-53(45(40)32-65)74-33-73-50)31-67(49)56(69)52(35(3)4)64-58(71)76-43-12-7-8-13-43/h15-24,28-29,34-35,42-44,48-49,51-52H,5-14,25-27,30-33H2,1-4H3,(H,61,62)(H,63,70)(H,64,71)/t44-,48+,49?,51+,52+/m1/s1. The van der Waals surface area contributed by atoms with Crippen LogP contribution in [0.4, 0.5) is 14.4 Å². The van der Waals surface area contributed by atoms with E-state index in [4.69, 9.17) is 33.7 Å². The largest absolute Gasteiger partial charge is 0.454 e. The van der Waals surface area contributed by atoms with Gasteiger partial charge >= 0.3 is 18.3 Å². The highest BCUT2D eigenvalue weighted by molar-refractivity contribution is 6.04. The second kappa shape index (κ2) is 22.3. The van der Waals surface area contributed by atoms with Gasteiger partial charge in [-0.1, -0.05) is 82.3 Å². The normalized spacial score (nSPS) is 21.8. The van der Waals surface area contributed by atoms with Crippen molar-refractivity contribution in [3.05, 3.63) is 95.6 Å². The Morgan fingerprint density at radius 3 is 1.91 bits per heavy atom. The minimum absolute atomic E-state index is 0.0858. The van der Waals surface area contributed by atoms with Gasteiger partial charge in [-0.25, -0.2) is 19.4 Å². The number of aromatic nitrogens is 2. The molecular weight excluding hydrogens is 981 g/mol. The first-order valence-electron chi connectivity index (χ1n) is 27.8. The molecule has 3 aromatic carbocycles. The molecule has 11 rings (SSSR count). The molecule has 0 bridgehead atoms. The summed E-state index contributed by atoms with van der Waals surface area (Å²) >= 11 is 0. The average molecular weight is 1050 g/mol. The monoisotopic (exact) mass is 1050 g/mol. The maximum Gasteiger partial charge on any atom is 0.410 e. The number of nitrogens with one attached hydrogen (secondary N) is 3. The van der Waals surface area contributed by atoms with Crippen molar-refractivity contribution in [2.45, 2.75) is 160 Å². The van der Waals surface area contributed by atoms with E-state index in [0.717, 1.165) is 120 Å². The van der Waals surface area contributed by atoms with E-state index in [0.29, 0.717) is 44.0 Å². The zero-order valence-electron chi connectivity index (χ0n) is 44.5. The lowest BCUT2D eigenvalue weighted by molar-refractivity contribution is -0.136. The number of imidazole rings is 1. The van der Waals surface area contributed by atoms with Gasteiger partial charge in [-0.2, -0.15) is 0 Å². The van der Waals surface area contributed by atoms with Gasteiger partial charge in [0.1, 0.15) is 36.2 Å². The Labute approximate surface area is 449 Å². The zero-order chi connectivity index (χ0) is 53.3. The van der Waals surface area contributed by atoms with Crippen LogP contribution in [0, 0.1) is 11.8 Å². The topological polar surface area (TPSA) is 206 Å². The van der Waals surface area contributed by atoms with Crippen molar-refractivity contribution in [2.24, 2.45) is 16.8 Å². The van der Waals surface area contributed by atoms with E-state index in [2.05, 4.69) is 64.1 Å². The van der Waals surface area contributed by atoms with Crippen molar-refractivity contribution >= 4 is 41.4 Å². The van der Waals surface area contributed by atoms with E-state index < -0.39 is 42.5 Å². The smallest absolute Gasteiger partial charge is 0.410 e. The van der Waals surface area contributed by atoms with Crippen LogP contribution in [0.3, 0.4) is 0 Å². The molecule has 0 radical (unpaired) electrons. The Bertz CT molecular complexity index is 2920. The molecule has 5 amide bonds. The third-order valence-corrected chi connectivity index (χ3v) is 16.5. The number of ether oxygens (including phenoxy) is 5. The first kappa shape index (κ1) is 51.7. The molecule has 18 nitrogen and oxygen atoms in total. The maximum atomic E-state index is 14.7. The van der Waals surface area contributed by atoms with Gasteiger partial charge in [-0.15, -0.1) is 0 Å². The summed E-state index contributed by atoms with van der Waals surface area (Å²) in [6.07, 6.45) is 11.1. The molecule has 4 fully saturated rings. The Balaban J connectivity index is 0.731. The van der Waals surface area contributed by atoms with Gasteiger partial charge in [0.15, 0.2) is 11.5 Å². The van der Waals surface area contributed by atoms with Crippen LogP contribution >= 0.6 is 0 Å². The lowest BCUT2D eigenvalue weighted by Gasteiger charge is -2.31. The van der Waals surface area contributed by atoms with Crippen LogP contribution in [0.5, 0.6) is 11.5 Å². The first-order valence-corrected chi connectivity index (χ1v) is 27.8. The number of aliphatic imine (C=N–C) groups is 1. The van der Waals surface area contributed by atoms with Crippen molar-refractivity contribution in [2.75, 3.05) is 19.9 Å². The van der Waals surface area contributed by atoms with Crippen LogP contribution in [0.15, 0.2) is 78.1 Å². The number of likely N-dealkylation sites (tertiary alicyclic amines) is 2. The molecule has 5 aliphatic heterocycles. The molecule has 0 spiro atoms. The Kier molecular flexibility index (Phi) is 15.0. The summed E-state index contributed by atoms with van der Waals surface area (Å²) in [6, 6.07) is 18.2. The number of aromatic amines is 1. The lowest BCUT2D eigenvalue weighted by Crippen LogP contribution is -2.54. The van der Waals surface area contributed by atoms with Gasteiger partial charge in [-0.05, 0) is 116 Å². The fourth-order valence-electron chi connectivity index (χ4n) is 12.2. The number of hydrogen-bond acceptors (Lipinski definition) is 12. The summed E-state index contributed by atoms with van der Waals surface area (Å²) < 4.78 is 28.9. The molecule has 2 saturated carbocycles. The molecule has 2 saturated heterocycles. The molecule has 4 aromatic rings. The highest BCUT2D eigenvalue weighted by Crippen LogP contribution is 2.42. The first-order chi connectivity index (χ1) is 37.3. The fourth-order valence-corrected chi connectivity index (χ4v) is 12.2. The quantitative estimate of drug-likeness (QED) is 0.101. The highest BCUT2D eigenvalue weighted by atomic mass is 16.7. The molecule has 3 N–H and O–H groups in total.